The largest absolute Gasteiger partial charge is 0.332 e. The Kier molecular flexibility index (Phi) is 3.29. The Balaban J connectivity index is 2.40. The van der Waals surface area contributed by atoms with Gasteiger partial charge in [-0.3, -0.25) is 9.69 Å². The summed E-state index contributed by atoms with van der Waals surface area (Å²) < 4.78 is 0. The van der Waals surface area contributed by atoms with Crippen molar-refractivity contribution in [3.63, 3.8) is 0 Å². The number of likely N-dealkylation sites (N-methyl/N-ethyl adjacent to an activating group) is 1. The topological polar surface area (TPSA) is 32.3 Å². The molecule has 0 aliphatic carbocycles. The summed E-state index contributed by atoms with van der Waals surface area (Å²) in [4.78, 5) is 13.5. The lowest BCUT2D eigenvalue weighted by Crippen LogP contribution is -2.39. The highest BCUT2D eigenvalue weighted by Gasteiger charge is 2.26. The van der Waals surface area contributed by atoms with Crippen LogP contribution in [0.1, 0.15) is 19.8 Å². The molecule has 1 N–H and O–H groups in total. The molecule has 3 heteroatoms. The molecule has 0 aromatic carbocycles. The normalized spacial score (nSPS) is 25.0. The Morgan fingerprint density at radius 1 is 1.67 bits per heavy atom. The van der Waals surface area contributed by atoms with Gasteiger partial charge in [0, 0.05) is 0 Å². The van der Waals surface area contributed by atoms with Gasteiger partial charge in [0.2, 0.25) is 5.91 Å². The molecular weight excluding hydrogens is 152 g/mol. The van der Waals surface area contributed by atoms with Crippen molar-refractivity contribution in [2.24, 2.45) is 0 Å². The van der Waals surface area contributed by atoms with Crippen LogP contribution in [0.2, 0.25) is 0 Å². The smallest absolute Gasteiger partial charge is 0.241 e. The van der Waals surface area contributed by atoms with Gasteiger partial charge in [-0.2, -0.15) is 0 Å². The molecule has 1 saturated heterocycles. The zero-order valence-corrected chi connectivity index (χ0v) is 7.71. The zero-order chi connectivity index (χ0) is 8.97. The lowest BCUT2D eigenvalue weighted by Gasteiger charge is -2.17. The number of amides is 1. The van der Waals surface area contributed by atoms with Crippen molar-refractivity contribution in [2.45, 2.75) is 25.8 Å². The van der Waals surface area contributed by atoms with E-state index in [4.69, 9.17) is 0 Å². The summed E-state index contributed by atoms with van der Waals surface area (Å²) in [6.07, 6.45) is 5.63. The van der Waals surface area contributed by atoms with Crippen LogP contribution in [0.4, 0.5) is 0 Å². The number of likely N-dealkylation sites (tertiary alicyclic amines) is 1. The maximum atomic E-state index is 11.4. The number of nitrogens with one attached hydrogen (secondary N) is 1. The van der Waals surface area contributed by atoms with Gasteiger partial charge in [0.15, 0.2) is 0 Å². The maximum Gasteiger partial charge on any atom is 0.241 e. The van der Waals surface area contributed by atoms with Crippen molar-refractivity contribution in [1.82, 2.24) is 10.2 Å². The summed E-state index contributed by atoms with van der Waals surface area (Å²) in [6.45, 7) is 2.92. The first-order valence-electron chi connectivity index (χ1n) is 4.37. The minimum absolute atomic E-state index is 0.0844. The predicted octanol–water partition coefficient (Wildman–Crippen LogP) is 0.730. The Hall–Kier alpha value is -0.830. The average molecular weight is 168 g/mol. The van der Waals surface area contributed by atoms with Gasteiger partial charge in [-0.1, -0.05) is 6.08 Å². The van der Waals surface area contributed by atoms with Crippen LogP contribution in [0.5, 0.6) is 0 Å². The highest BCUT2D eigenvalue weighted by Crippen LogP contribution is 2.14. The van der Waals surface area contributed by atoms with Crippen LogP contribution < -0.4 is 5.32 Å². The van der Waals surface area contributed by atoms with E-state index in [1.165, 1.54) is 0 Å². The summed E-state index contributed by atoms with van der Waals surface area (Å²) in [5.74, 6) is 0.119. The minimum Gasteiger partial charge on any atom is -0.332 e. The highest BCUT2D eigenvalue weighted by molar-refractivity contribution is 5.82. The molecule has 0 bridgehead atoms. The molecule has 1 rings (SSSR count). The monoisotopic (exact) mass is 168 g/mol. The van der Waals surface area contributed by atoms with Gasteiger partial charge in [0.05, 0.1) is 6.04 Å². The SMILES string of the molecule is C/C=C/NC(=O)[C@H]1CCCN1C. The van der Waals surface area contributed by atoms with E-state index in [-0.39, 0.29) is 11.9 Å². The van der Waals surface area contributed by atoms with E-state index >= 15 is 0 Å². The third-order valence-corrected chi connectivity index (χ3v) is 2.22. The van der Waals surface area contributed by atoms with Crippen LogP contribution in [0.25, 0.3) is 0 Å². The first kappa shape index (κ1) is 9.26. The first-order valence-corrected chi connectivity index (χ1v) is 4.37. The zero-order valence-electron chi connectivity index (χ0n) is 7.71. The predicted molar refractivity (Wildman–Crippen MR) is 48.6 cm³/mol. The fraction of sp³-hybridized carbons (Fsp3) is 0.667. The van der Waals surface area contributed by atoms with E-state index < -0.39 is 0 Å². The molecular formula is C9H16N2O. The van der Waals surface area contributed by atoms with E-state index in [0.29, 0.717) is 0 Å². The van der Waals surface area contributed by atoms with Crippen molar-refractivity contribution >= 4 is 5.91 Å². The molecule has 1 amide bonds. The first-order chi connectivity index (χ1) is 5.75. The van der Waals surface area contributed by atoms with Crippen molar-refractivity contribution in [3.05, 3.63) is 12.3 Å². The third-order valence-electron chi connectivity index (χ3n) is 2.22. The molecule has 1 aliphatic rings. The van der Waals surface area contributed by atoms with Gasteiger partial charge >= 0.3 is 0 Å². The summed E-state index contributed by atoms with van der Waals surface area (Å²) >= 11 is 0. The van der Waals surface area contributed by atoms with Crippen LogP contribution >= 0.6 is 0 Å². The lowest BCUT2D eigenvalue weighted by atomic mass is 10.2. The quantitative estimate of drug-likeness (QED) is 0.659. The van der Waals surface area contributed by atoms with E-state index in [1.807, 2.05) is 20.0 Å². The Morgan fingerprint density at radius 3 is 2.92 bits per heavy atom. The lowest BCUT2D eigenvalue weighted by molar-refractivity contribution is -0.124. The number of carbonyl (C=O) groups is 1. The van der Waals surface area contributed by atoms with Crippen molar-refractivity contribution in [3.8, 4) is 0 Å². The standard InChI is InChI=1S/C9H16N2O/c1-3-6-10-9(12)8-5-4-7-11(8)2/h3,6,8H,4-5,7H2,1-2H3,(H,10,12)/b6-3+/t8-/m1/s1. The van der Waals surface area contributed by atoms with Crippen LogP contribution in [-0.4, -0.2) is 30.4 Å². The molecule has 0 aromatic rings. The summed E-state index contributed by atoms with van der Waals surface area (Å²) in [6, 6.07) is 0.0844. The number of hydrogen-bond donors (Lipinski definition) is 1. The molecule has 0 unspecified atom stereocenters. The molecule has 12 heavy (non-hydrogen) atoms. The van der Waals surface area contributed by atoms with E-state index in [9.17, 15) is 4.79 Å². The summed E-state index contributed by atoms with van der Waals surface area (Å²) in [5.41, 5.74) is 0. The molecule has 0 radical (unpaired) electrons. The van der Waals surface area contributed by atoms with Crippen LogP contribution in [0, 0.1) is 0 Å². The molecule has 0 saturated carbocycles. The van der Waals surface area contributed by atoms with Crippen molar-refractivity contribution in [2.75, 3.05) is 13.6 Å². The second kappa shape index (κ2) is 4.26. The number of allylic oxidation sites excluding steroid dienone is 1. The summed E-state index contributed by atoms with van der Waals surface area (Å²) in [5, 5.41) is 2.74. The Bertz CT molecular complexity index is 189. The Labute approximate surface area is 73.4 Å². The molecule has 68 valence electrons. The van der Waals surface area contributed by atoms with Gasteiger partial charge < -0.3 is 5.32 Å². The second-order valence-electron chi connectivity index (χ2n) is 3.15. The molecule has 1 atom stereocenters. The maximum absolute atomic E-state index is 11.4. The molecule has 1 fully saturated rings. The van der Waals surface area contributed by atoms with Crippen LogP contribution in [-0.2, 0) is 4.79 Å². The number of nitrogens with zero attached hydrogens (tertiary/aromatic N) is 1. The molecule has 0 aromatic heterocycles. The fourth-order valence-corrected chi connectivity index (χ4v) is 1.50. The van der Waals surface area contributed by atoms with Crippen LogP contribution in [0.15, 0.2) is 12.3 Å². The van der Waals surface area contributed by atoms with Gasteiger partial charge in [0.25, 0.3) is 0 Å². The van der Waals surface area contributed by atoms with E-state index in [0.717, 1.165) is 19.4 Å². The number of hydrogen-bond acceptors (Lipinski definition) is 2. The number of carbonyl (C=O) groups excluding carboxylic acids is 1. The van der Waals surface area contributed by atoms with Gasteiger partial charge in [-0.15, -0.1) is 0 Å². The fourth-order valence-electron chi connectivity index (χ4n) is 1.50. The summed E-state index contributed by atoms with van der Waals surface area (Å²) in [7, 11) is 1.99. The van der Waals surface area contributed by atoms with Gasteiger partial charge in [-0.05, 0) is 39.6 Å². The molecule has 1 heterocycles. The minimum atomic E-state index is 0.0844. The van der Waals surface area contributed by atoms with Gasteiger partial charge in [-0.25, -0.2) is 0 Å². The molecule has 3 nitrogen and oxygen atoms in total. The van der Waals surface area contributed by atoms with Crippen LogP contribution in [0.3, 0.4) is 0 Å². The third kappa shape index (κ3) is 2.08. The van der Waals surface area contributed by atoms with E-state index in [1.54, 1.807) is 6.20 Å². The Morgan fingerprint density at radius 2 is 2.42 bits per heavy atom. The van der Waals surface area contributed by atoms with E-state index in [2.05, 4.69) is 10.2 Å². The van der Waals surface area contributed by atoms with Crippen molar-refractivity contribution < 1.29 is 4.79 Å². The average Bonchev–Trinajstić information content (AvgIpc) is 2.47. The second-order valence-corrected chi connectivity index (χ2v) is 3.15. The molecule has 0 spiro atoms. The molecule has 1 aliphatic heterocycles. The number of rotatable bonds is 2. The highest BCUT2D eigenvalue weighted by atomic mass is 16.2. The van der Waals surface area contributed by atoms with Crippen molar-refractivity contribution in [1.29, 1.82) is 0 Å². The van der Waals surface area contributed by atoms with Gasteiger partial charge in [0.1, 0.15) is 0 Å².